The van der Waals surface area contributed by atoms with Gasteiger partial charge < -0.3 is 10.0 Å². The molecule has 124 valence electrons. The number of aliphatic carboxylic acids is 1. The fraction of sp³-hybridized carbons (Fsp3) is 0.882. The molecule has 0 aromatic rings. The van der Waals surface area contributed by atoms with E-state index in [4.69, 9.17) is 0 Å². The number of likely N-dealkylation sites (tertiary alicyclic amines) is 2. The summed E-state index contributed by atoms with van der Waals surface area (Å²) in [6.07, 6.45) is 9.93. The fourth-order valence-corrected chi connectivity index (χ4v) is 4.66. The standard InChI is InChI=1S/C17H28N2O3/c20-16(12-18-10-4-3-9-15(18)17(21)22)19-11-5-7-13-6-1-2-8-14(13)19/h13-15H,1-12H2,(H,21,22). The largest absolute Gasteiger partial charge is 0.480 e. The SMILES string of the molecule is O=C(O)C1CCCCN1CC(=O)N1CCCC2CCCCC21. The lowest BCUT2D eigenvalue weighted by Gasteiger charge is -2.45. The quantitative estimate of drug-likeness (QED) is 0.867. The van der Waals surface area contributed by atoms with Gasteiger partial charge in [0.1, 0.15) is 6.04 Å². The molecule has 22 heavy (non-hydrogen) atoms. The minimum atomic E-state index is -0.776. The molecule has 3 unspecified atom stereocenters. The molecule has 0 radical (unpaired) electrons. The van der Waals surface area contributed by atoms with Crippen LogP contribution >= 0.6 is 0 Å². The number of hydrogen-bond donors (Lipinski definition) is 1. The van der Waals surface area contributed by atoms with Gasteiger partial charge in [-0.05, 0) is 51.0 Å². The van der Waals surface area contributed by atoms with Crippen LogP contribution in [-0.4, -0.2) is 58.5 Å². The van der Waals surface area contributed by atoms with Crippen molar-refractivity contribution < 1.29 is 14.7 Å². The Balaban J connectivity index is 1.63. The highest BCUT2D eigenvalue weighted by Crippen LogP contribution is 2.35. The van der Waals surface area contributed by atoms with Gasteiger partial charge in [-0.15, -0.1) is 0 Å². The molecule has 2 heterocycles. The van der Waals surface area contributed by atoms with Crippen LogP contribution in [0.15, 0.2) is 0 Å². The molecular weight excluding hydrogens is 280 g/mol. The van der Waals surface area contributed by atoms with Crippen LogP contribution in [0, 0.1) is 5.92 Å². The summed E-state index contributed by atoms with van der Waals surface area (Å²) < 4.78 is 0. The predicted molar refractivity (Wildman–Crippen MR) is 83.5 cm³/mol. The Morgan fingerprint density at radius 2 is 1.64 bits per heavy atom. The third kappa shape index (κ3) is 3.29. The molecule has 0 spiro atoms. The van der Waals surface area contributed by atoms with Crippen LogP contribution in [0.4, 0.5) is 0 Å². The summed E-state index contributed by atoms with van der Waals surface area (Å²) in [7, 11) is 0. The van der Waals surface area contributed by atoms with Crippen LogP contribution < -0.4 is 0 Å². The number of carboxylic acids is 1. The molecule has 0 aromatic carbocycles. The molecule has 2 aliphatic heterocycles. The Hall–Kier alpha value is -1.10. The van der Waals surface area contributed by atoms with Crippen molar-refractivity contribution in [3.63, 3.8) is 0 Å². The second kappa shape index (κ2) is 6.99. The third-order valence-electron chi connectivity index (χ3n) is 5.80. The van der Waals surface area contributed by atoms with Crippen LogP contribution in [0.2, 0.25) is 0 Å². The van der Waals surface area contributed by atoms with Crippen molar-refractivity contribution in [2.45, 2.75) is 69.9 Å². The monoisotopic (exact) mass is 308 g/mol. The van der Waals surface area contributed by atoms with Crippen molar-refractivity contribution in [1.82, 2.24) is 9.80 Å². The first kappa shape index (κ1) is 15.8. The topological polar surface area (TPSA) is 60.9 Å². The lowest BCUT2D eigenvalue weighted by atomic mass is 9.78. The third-order valence-corrected chi connectivity index (χ3v) is 5.80. The van der Waals surface area contributed by atoms with Crippen molar-refractivity contribution in [3.05, 3.63) is 0 Å². The van der Waals surface area contributed by atoms with E-state index in [1.807, 2.05) is 4.90 Å². The maximum absolute atomic E-state index is 12.8. The highest BCUT2D eigenvalue weighted by Gasteiger charge is 2.37. The van der Waals surface area contributed by atoms with Crippen molar-refractivity contribution in [3.8, 4) is 0 Å². The highest BCUT2D eigenvalue weighted by molar-refractivity contribution is 5.80. The summed E-state index contributed by atoms with van der Waals surface area (Å²) in [5.41, 5.74) is 0. The van der Waals surface area contributed by atoms with Gasteiger partial charge in [0, 0.05) is 12.6 Å². The molecular formula is C17H28N2O3. The Bertz CT molecular complexity index is 424. The van der Waals surface area contributed by atoms with E-state index >= 15 is 0 Å². The smallest absolute Gasteiger partial charge is 0.320 e. The van der Waals surface area contributed by atoms with Gasteiger partial charge in [-0.1, -0.05) is 19.3 Å². The van der Waals surface area contributed by atoms with E-state index in [9.17, 15) is 14.7 Å². The van der Waals surface area contributed by atoms with E-state index in [1.165, 1.54) is 25.7 Å². The number of carbonyl (C=O) groups excluding carboxylic acids is 1. The first-order valence-electron chi connectivity index (χ1n) is 8.93. The fourth-order valence-electron chi connectivity index (χ4n) is 4.66. The number of nitrogens with zero attached hydrogens (tertiary/aromatic N) is 2. The summed E-state index contributed by atoms with van der Waals surface area (Å²) in [4.78, 5) is 28.1. The Labute approximate surface area is 132 Å². The maximum Gasteiger partial charge on any atom is 0.320 e. The van der Waals surface area contributed by atoms with Crippen molar-refractivity contribution >= 4 is 11.9 Å². The summed E-state index contributed by atoms with van der Waals surface area (Å²) >= 11 is 0. The molecule has 5 heteroatoms. The zero-order valence-corrected chi connectivity index (χ0v) is 13.4. The van der Waals surface area contributed by atoms with Gasteiger partial charge >= 0.3 is 5.97 Å². The minimum Gasteiger partial charge on any atom is -0.480 e. The van der Waals surface area contributed by atoms with Gasteiger partial charge in [-0.3, -0.25) is 14.5 Å². The van der Waals surface area contributed by atoms with Crippen molar-refractivity contribution in [1.29, 1.82) is 0 Å². The number of amides is 1. The minimum absolute atomic E-state index is 0.157. The number of fused-ring (bicyclic) bond motifs is 1. The van der Waals surface area contributed by atoms with Gasteiger partial charge in [-0.25, -0.2) is 0 Å². The van der Waals surface area contributed by atoms with Crippen LogP contribution in [0.1, 0.15) is 57.8 Å². The molecule has 0 aromatic heterocycles. The molecule has 3 rings (SSSR count). The number of piperidine rings is 2. The zero-order valence-electron chi connectivity index (χ0n) is 13.4. The number of rotatable bonds is 3. The van der Waals surface area contributed by atoms with Gasteiger partial charge in [0.25, 0.3) is 0 Å². The second-order valence-electron chi connectivity index (χ2n) is 7.16. The van der Waals surface area contributed by atoms with Gasteiger partial charge in [0.05, 0.1) is 6.54 Å². The van der Waals surface area contributed by atoms with E-state index in [1.54, 1.807) is 0 Å². The molecule has 1 N–H and O–H groups in total. The molecule has 5 nitrogen and oxygen atoms in total. The summed E-state index contributed by atoms with van der Waals surface area (Å²) in [5.74, 6) is 0.0644. The van der Waals surface area contributed by atoms with Crippen LogP contribution in [0.5, 0.6) is 0 Å². The van der Waals surface area contributed by atoms with E-state index in [-0.39, 0.29) is 5.91 Å². The number of carbonyl (C=O) groups is 2. The van der Waals surface area contributed by atoms with E-state index in [0.29, 0.717) is 24.9 Å². The highest BCUT2D eigenvalue weighted by atomic mass is 16.4. The van der Waals surface area contributed by atoms with Crippen molar-refractivity contribution in [2.75, 3.05) is 19.6 Å². The van der Waals surface area contributed by atoms with Crippen LogP contribution in [0.3, 0.4) is 0 Å². The van der Waals surface area contributed by atoms with Gasteiger partial charge in [-0.2, -0.15) is 0 Å². The van der Waals surface area contributed by atoms with Crippen LogP contribution in [-0.2, 0) is 9.59 Å². The van der Waals surface area contributed by atoms with Crippen molar-refractivity contribution in [2.24, 2.45) is 5.92 Å². The van der Waals surface area contributed by atoms with E-state index in [2.05, 4.69) is 4.90 Å². The normalized spacial score (nSPS) is 33.3. The molecule has 3 fully saturated rings. The zero-order chi connectivity index (χ0) is 15.5. The maximum atomic E-state index is 12.8. The molecule has 0 bridgehead atoms. The predicted octanol–water partition coefficient (Wildman–Crippen LogP) is 2.11. The number of carboxylic acid groups (broad SMARTS) is 1. The second-order valence-corrected chi connectivity index (χ2v) is 7.16. The summed E-state index contributed by atoms with van der Waals surface area (Å²) in [5, 5.41) is 9.35. The van der Waals surface area contributed by atoms with E-state index < -0.39 is 12.0 Å². The molecule has 2 saturated heterocycles. The van der Waals surface area contributed by atoms with Crippen LogP contribution in [0.25, 0.3) is 0 Å². The summed E-state index contributed by atoms with van der Waals surface area (Å²) in [6.45, 7) is 1.90. The lowest BCUT2D eigenvalue weighted by Crippen LogP contribution is -2.55. The Morgan fingerprint density at radius 1 is 0.909 bits per heavy atom. The number of hydrogen-bond acceptors (Lipinski definition) is 3. The van der Waals surface area contributed by atoms with Gasteiger partial charge in [0.2, 0.25) is 5.91 Å². The van der Waals surface area contributed by atoms with Gasteiger partial charge in [0.15, 0.2) is 0 Å². The average Bonchev–Trinajstić information content (AvgIpc) is 2.54. The first-order valence-corrected chi connectivity index (χ1v) is 8.93. The molecule has 1 saturated carbocycles. The molecule has 1 amide bonds. The Kier molecular flexibility index (Phi) is 5.01. The average molecular weight is 308 g/mol. The van der Waals surface area contributed by atoms with E-state index in [0.717, 1.165) is 38.8 Å². The first-order chi connectivity index (χ1) is 10.7. The molecule has 3 atom stereocenters. The lowest BCUT2D eigenvalue weighted by molar-refractivity contribution is -0.147. The molecule has 1 aliphatic carbocycles. The molecule has 3 aliphatic rings. The summed E-state index contributed by atoms with van der Waals surface area (Å²) in [6, 6.07) is -0.0484. The Morgan fingerprint density at radius 3 is 2.45 bits per heavy atom.